The third kappa shape index (κ3) is 1.95. The van der Waals surface area contributed by atoms with E-state index in [4.69, 9.17) is 16.0 Å². The van der Waals surface area contributed by atoms with Crippen molar-refractivity contribution >= 4 is 22.6 Å². The van der Waals surface area contributed by atoms with Crippen molar-refractivity contribution in [3.05, 3.63) is 35.0 Å². The van der Waals surface area contributed by atoms with Crippen LogP contribution in [0.4, 0.5) is 0 Å². The molecule has 0 amide bonds. The van der Waals surface area contributed by atoms with Gasteiger partial charge in [-0.2, -0.15) is 0 Å². The Balaban J connectivity index is 2.50. The fourth-order valence-electron chi connectivity index (χ4n) is 2.00. The van der Waals surface area contributed by atoms with Crippen LogP contribution in [0.1, 0.15) is 25.6 Å². The van der Waals surface area contributed by atoms with Crippen LogP contribution in [0.3, 0.4) is 0 Å². The first-order chi connectivity index (χ1) is 7.63. The van der Waals surface area contributed by atoms with Gasteiger partial charge in [0.2, 0.25) is 0 Å². The van der Waals surface area contributed by atoms with Crippen LogP contribution in [-0.4, -0.2) is 7.05 Å². The van der Waals surface area contributed by atoms with Crippen molar-refractivity contribution < 1.29 is 4.42 Å². The summed E-state index contributed by atoms with van der Waals surface area (Å²) in [5.41, 5.74) is 0.778. The summed E-state index contributed by atoms with van der Waals surface area (Å²) in [6.07, 6.45) is 0. The summed E-state index contributed by atoms with van der Waals surface area (Å²) in [5.74, 6) is 1.42. The molecular formula is C13H16ClNO. The topological polar surface area (TPSA) is 25.2 Å². The maximum absolute atomic E-state index is 6.08. The average Bonchev–Trinajstić information content (AvgIpc) is 2.63. The number of nitrogens with one attached hydrogen (secondary N) is 1. The second kappa shape index (κ2) is 4.48. The number of para-hydroxylation sites is 1. The summed E-state index contributed by atoms with van der Waals surface area (Å²) in [7, 11) is 1.94. The minimum atomic E-state index is 0.225. The molecule has 86 valence electrons. The van der Waals surface area contributed by atoms with Crippen LogP contribution in [0, 0.1) is 5.92 Å². The zero-order valence-electron chi connectivity index (χ0n) is 9.75. The first-order valence-corrected chi connectivity index (χ1v) is 5.86. The number of halogens is 1. The molecule has 1 heterocycles. The standard InChI is InChI=1S/C13H16ClNO/c1-8(2)12(15-3)11-7-9-5-4-6-10(14)13(9)16-11/h4-8,12,15H,1-3H3. The minimum absolute atomic E-state index is 0.225. The number of hydrogen-bond acceptors (Lipinski definition) is 2. The lowest BCUT2D eigenvalue weighted by Crippen LogP contribution is -2.20. The smallest absolute Gasteiger partial charge is 0.152 e. The molecule has 0 bridgehead atoms. The Morgan fingerprint density at radius 3 is 2.62 bits per heavy atom. The van der Waals surface area contributed by atoms with Crippen molar-refractivity contribution in [3.8, 4) is 0 Å². The first-order valence-electron chi connectivity index (χ1n) is 5.48. The van der Waals surface area contributed by atoms with Gasteiger partial charge in [0, 0.05) is 5.39 Å². The Hall–Kier alpha value is -0.990. The number of benzene rings is 1. The predicted molar refractivity (Wildman–Crippen MR) is 67.9 cm³/mol. The van der Waals surface area contributed by atoms with E-state index < -0.39 is 0 Å². The lowest BCUT2D eigenvalue weighted by atomic mass is 10.0. The molecule has 0 spiro atoms. The van der Waals surface area contributed by atoms with Crippen molar-refractivity contribution in [1.82, 2.24) is 5.32 Å². The summed E-state index contributed by atoms with van der Waals surface area (Å²) >= 11 is 6.08. The molecular weight excluding hydrogens is 222 g/mol. The maximum atomic E-state index is 6.08. The molecule has 0 radical (unpaired) electrons. The van der Waals surface area contributed by atoms with Gasteiger partial charge in [-0.05, 0) is 25.1 Å². The van der Waals surface area contributed by atoms with Crippen LogP contribution in [0.2, 0.25) is 5.02 Å². The van der Waals surface area contributed by atoms with Crippen LogP contribution >= 0.6 is 11.6 Å². The van der Waals surface area contributed by atoms with Crippen molar-refractivity contribution in [2.45, 2.75) is 19.9 Å². The second-order valence-corrected chi connectivity index (χ2v) is 4.72. The predicted octanol–water partition coefficient (Wildman–Crippen LogP) is 4.00. The van der Waals surface area contributed by atoms with Crippen LogP contribution in [-0.2, 0) is 0 Å². The summed E-state index contributed by atoms with van der Waals surface area (Å²) in [4.78, 5) is 0. The molecule has 0 saturated carbocycles. The van der Waals surface area contributed by atoms with E-state index in [1.54, 1.807) is 0 Å². The SMILES string of the molecule is CNC(c1cc2cccc(Cl)c2o1)C(C)C. The maximum Gasteiger partial charge on any atom is 0.152 e. The van der Waals surface area contributed by atoms with E-state index in [1.165, 1.54) is 0 Å². The molecule has 3 heteroatoms. The van der Waals surface area contributed by atoms with Crippen LogP contribution in [0.25, 0.3) is 11.0 Å². The van der Waals surface area contributed by atoms with Crippen LogP contribution in [0.5, 0.6) is 0 Å². The van der Waals surface area contributed by atoms with Crippen molar-refractivity contribution in [3.63, 3.8) is 0 Å². The van der Waals surface area contributed by atoms with Crippen LogP contribution in [0.15, 0.2) is 28.7 Å². The van der Waals surface area contributed by atoms with Gasteiger partial charge in [0.1, 0.15) is 5.76 Å². The number of hydrogen-bond donors (Lipinski definition) is 1. The van der Waals surface area contributed by atoms with Gasteiger partial charge in [-0.1, -0.05) is 37.6 Å². The van der Waals surface area contributed by atoms with E-state index in [1.807, 2.05) is 25.2 Å². The zero-order valence-corrected chi connectivity index (χ0v) is 10.5. The highest BCUT2D eigenvalue weighted by Crippen LogP contribution is 2.31. The lowest BCUT2D eigenvalue weighted by Gasteiger charge is -2.17. The van der Waals surface area contributed by atoms with Gasteiger partial charge < -0.3 is 9.73 Å². The Bertz CT molecular complexity index is 490. The fraction of sp³-hybridized carbons (Fsp3) is 0.385. The number of furan rings is 1. The molecule has 0 fully saturated rings. The fourth-order valence-corrected chi connectivity index (χ4v) is 2.23. The number of rotatable bonds is 3. The normalized spacial score (nSPS) is 13.6. The van der Waals surface area contributed by atoms with Crippen molar-refractivity contribution in [1.29, 1.82) is 0 Å². The highest BCUT2D eigenvalue weighted by Gasteiger charge is 2.18. The molecule has 1 aromatic carbocycles. The molecule has 2 aromatic rings. The first kappa shape index (κ1) is 11.5. The quantitative estimate of drug-likeness (QED) is 0.873. The van der Waals surface area contributed by atoms with Gasteiger partial charge in [0.05, 0.1) is 11.1 Å². The largest absolute Gasteiger partial charge is 0.458 e. The van der Waals surface area contributed by atoms with Gasteiger partial charge in [0.25, 0.3) is 0 Å². The molecule has 16 heavy (non-hydrogen) atoms. The molecule has 1 atom stereocenters. The molecule has 1 aromatic heterocycles. The van der Waals surface area contributed by atoms with E-state index >= 15 is 0 Å². The highest BCUT2D eigenvalue weighted by atomic mass is 35.5. The molecule has 2 nitrogen and oxygen atoms in total. The third-order valence-corrected chi connectivity index (χ3v) is 3.10. The van der Waals surface area contributed by atoms with E-state index in [-0.39, 0.29) is 6.04 Å². The van der Waals surface area contributed by atoms with E-state index in [0.717, 1.165) is 16.7 Å². The molecule has 1 N–H and O–H groups in total. The summed E-state index contributed by atoms with van der Waals surface area (Å²) < 4.78 is 5.82. The number of fused-ring (bicyclic) bond motifs is 1. The Labute approximate surface area is 101 Å². The average molecular weight is 238 g/mol. The zero-order chi connectivity index (χ0) is 11.7. The van der Waals surface area contributed by atoms with Gasteiger partial charge in [-0.15, -0.1) is 0 Å². The monoisotopic (exact) mass is 237 g/mol. The summed E-state index contributed by atoms with van der Waals surface area (Å²) in [6, 6.07) is 8.08. The Kier molecular flexibility index (Phi) is 3.22. The van der Waals surface area contributed by atoms with Gasteiger partial charge in [0.15, 0.2) is 5.58 Å². The van der Waals surface area contributed by atoms with Crippen molar-refractivity contribution in [2.75, 3.05) is 7.05 Å². The summed E-state index contributed by atoms with van der Waals surface area (Å²) in [6.45, 7) is 4.33. The molecule has 0 aliphatic carbocycles. The second-order valence-electron chi connectivity index (χ2n) is 4.32. The summed E-state index contributed by atoms with van der Waals surface area (Å²) in [5, 5.41) is 4.99. The van der Waals surface area contributed by atoms with Gasteiger partial charge >= 0.3 is 0 Å². The van der Waals surface area contributed by atoms with Gasteiger partial charge in [-0.3, -0.25) is 0 Å². The molecule has 1 unspecified atom stereocenters. The third-order valence-electron chi connectivity index (χ3n) is 2.80. The van der Waals surface area contributed by atoms with Gasteiger partial charge in [-0.25, -0.2) is 0 Å². The minimum Gasteiger partial charge on any atom is -0.458 e. The Morgan fingerprint density at radius 1 is 1.31 bits per heavy atom. The van der Waals surface area contributed by atoms with Crippen molar-refractivity contribution in [2.24, 2.45) is 5.92 Å². The lowest BCUT2D eigenvalue weighted by molar-refractivity contribution is 0.371. The van der Waals surface area contributed by atoms with Crippen LogP contribution < -0.4 is 5.32 Å². The van der Waals surface area contributed by atoms with E-state index in [9.17, 15) is 0 Å². The highest BCUT2D eigenvalue weighted by molar-refractivity contribution is 6.34. The molecule has 0 aliphatic rings. The molecule has 0 aliphatic heterocycles. The van der Waals surface area contributed by atoms with E-state index in [0.29, 0.717) is 10.9 Å². The molecule has 0 saturated heterocycles. The Morgan fingerprint density at radius 2 is 2.06 bits per heavy atom. The van der Waals surface area contributed by atoms with E-state index in [2.05, 4.69) is 25.2 Å². The molecule has 2 rings (SSSR count).